The molecular weight excluding hydrogens is 232 g/mol. The average Bonchev–Trinajstić information content (AvgIpc) is 2.85. The van der Waals surface area contributed by atoms with Crippen LogP contribution in [0.3, 0.4) is 0 Å². The minimum Gasteiger partial charge on any atom is -0.376 e. The molecule has 0 aromatic carbocycles. The summed E-state index contributed by atoms with van der Waals surface area (Å²) in [5.74, 6) is 0.119. The van der Waals surface area contributed by atoms with Gasteiger partial charge in [0, 0.05) is 25.2 Å². The van der Waals surface area contributed by atoms with Crippen molar-refractivity contribution in [2.24, 2.45) is 0 Å². The molecule has 0 saturated carbocycles. The summed E-state index contributed by atoms with van der Waals surface area (Å²) in [5, 5.41) is 0. The van der Waals surface area contributed by atoms with Crippen molar-refractivity contribution < 1.29 is 14.3 Å². The topological polar surface area (TPSA) is 42.0 Å². The van der Waals surface area contributed by atoms with Gasteiger partial charge in [-0.3, -0.25) is 9.69 Å². The highest BCUT2D eigenvalue weighted by Crippen LogP contribution is 2.25. The van der Waals surface area contributed by atoms with Crippen LogP contribution < -0.4 is 0 Å². The average molecular weight is 254 g/mol. The summed E-state index contributed by atoms with van der Waals surface area (Å²) in [7, 11) is 0. The molecule has 0 N–H and O–H groups in total. The second-order valence-corrected chi connectivity index (χ2v) is 5.56. The quantitative estimate of drug-likeness (QED) is 0.665. The Labute approximate surface area is 108 Å². The maximum Gasteiger partial charge on any atom is 0.254 e. The zero-order valence-corrected chi connectivity index (χ0v) is 11.0. The summed E-state index contributed by atoms with van der Waals surface area (Å²) >= 11 is 0. The molecule has 3 aliphatic heterocycles. The molecular formula is C13H22N2O3. The molecule has 3 aliphatic rings. The van der Waals surface area contributed by atoms with Crippen LogP contribution in [0.4, 0.5) is 0 Å². The Morgan fingerprint density at radius 3 is 2.94 bits per heavy atom. The van der Waals surface area contributed by atoms with Crippen LogP contribution in [0.15, 0.2) is 0 Å². The molecule has 0 aliphatic carbocycles. The summed E-state index contributed by atoms with van der Waals surface area (Å²) in [6, 6.07) is 0.854. The van der Waals surface area contributed by atoms with E-state index < -0.39 is 0 Å². The maximum absolute atomic E-state index is 12.5. The Hall–Kier alpha value is -0.650. The zero-order chi connectivity index (χ0) is 12.5. The zero-order valence-electron chi connectivity index (χ0n) is 11.0. The molecule has 0 aromatic rings. The molecule has 0 unspecified atom stereocenters. The molecule has 0 radical (unpaired) electrons. The number of amides is 1. The van der Waals surface area contributed by atoms with Crippen molar-refractivity contribution in [3.05, 3.63) is 0 Å². The smallest absolute Gasteiger partial charge is 0.254 e. The van der Waals surface area contributed by atoms with Crippen molar-refractivity contribution in [3.63, 3.8) is 0 Å². The van der Waals surface area contributed by atoms with E-state index in [1.807, 2.05) is 4.90 Å². The molecule has 5 nitrogen and oxygen atoms in total. The second-order valence-electron chi connectivity index (χ2n) is 5.56. The van der Waals surface area contributed by atoms with E-state index >= 15 is 0 Å². The van der Waals surface area contributed by atoms with Crippen LogP contribution >= 0.6 is 0 Å². The second kappa shape index (κ2) is 5.15. The number of piperazine rings is 1. The Bertz CT molecular complexity index is 317. The van der Waals surface area contributed by atoms with Crippen molar-refractivity contribution in [2.75, 3.05) is 39.5 Å². The molecule has 5 heteroatoms. The van der Waals surface area contributed by atoms with Gasteiger partial charge in [0.2, 0.25) is 0 Å². The third-order valence-electron chi connectivity index (χ3n) is 4.31. The van der Waals surface area contributed by atoms with Crippen LogP contribution in [0.2, 0.25) is 0 Å². The lowest BCUT2D eigenvalue weighted by atomic mass is 10.1. The fourth-order valence-electron chi connectivity index (χ4n) is 3.31. The first kappa shape index (κ1) is 12.4. The fraction of sp³-hybridized carbons (Fsp3) is 0.923. The lowest BCUT2D eigenvalue weighted by molar-refractivity contribution is -0.163. The molecule has 18 heavy (non-hydrogen) atoms. The number of nitrogens with zero attached hydrogens (tertiary/aromatic N) is 2. The van der Waals surface area contributed by atoms with Crippen molar-refractivity contribution in [1.82, 2.24) is 9.80 Å². The SMILES string of the molecule is C[C@@H]1CN2CCC[C@@H]2CN1C(=O)[C@@H]1COCCO1. The van der Waals surface area contributed by atoms with Crippen molar-refractivity contribution in [2.45, 2.75) is 38.0 Å². The molecule has 3 fully saturated rings. The van der Waals surface area contributed by atoms with Gasteiger partial charge in [0.05, 0.1) is 19.8 Å². The Morgan fingerprint density at radius 2 is 2.17 bits per heavy atom. The highest BCUT2D eigenvalue weighted by atomic mass is 16.6. The molecule has 1 amide bonds. The number of hydrogen-bond acceptors (Lipinski definition) is 4. The molecule has 0 bridgehead atoms. The summed E-state index contributed by atoms with van der Waals surface area (Å²) in [4.78, 5) is 17.0. The third-order valence-corrected chi connectivity index (χ3v) is 4.31. The van der Waals surface area contributed by atoms with Gasteiger partial charge in [0.25, 0.3) is 5.91 Å². The Balaban J connectivity index is 1.65. The molecule has 3 saturated heterocycles. The number of fused-ring (bicyclic) bond motifs is 1. The molecule has 0 spiro atoms. The van der Waals surface area contributed by atoms with E-state index in [1.165, 1.54) is 19.4 Å². The van der Waals surface area contributed by atoms with Crippen molar-refractivity contribution >= 4 is 5.91 Å². The van der Waals surface area contributed by atoms with E-state index in [0.717, 1.165) is 13.1 Å². The molecule has 102 valence electrons. The lowest BCUT2D eigenvalue weighted by Crippen LogP contribution is -2.59. The van der Waals surface area contributed by atoms with E-state index in [1.54, 1.807) is 0 Å². The van der Waals surface area contributed by atoms with E-state index in [4.69, 9.17) is 9.47 Å². The number of rotatable bonds is 1. The van der Waals surface area contributed by atoms with Gasteiger partial charge in [-0.05, 0) is 26.3 Å². The predicted molar refractivity (Wildman–Crippen MR) is 66.3 cm³/mol. The van der Waals surface area contributed by atoms with Gasteiger partial charge in [-0.15, -0.1) is 0 Å². The van der Waals surface area contributed by atoms with Crippen molar-refractivity contribution in [1.29, 1.82) is 0 Å². The van der Waals surface area contributed by atoms with Gasteiger partial charge in [-0.1, -0.05) is 0 Å². The molecule has 3 rings (SSSR count). The highest BCUT2D eigenvalue weighted by molar-refractivity contribution is 5.81. The lowest BCUT2D eigenvalue weighted by Gasteiger charge is -2.43. The number of carbonyl (C=O) groups is 1. The van der Waals surface area contributed by atoms with Crippen LogP contribution in [0.1, 0.15) is 19.8 Å². The standard InChI is InChI=1S/C13H22N2O3/c1-10-7-14-4-2-3-11(14)8-15(10)13(16)12-9-17-5-6-18-12/h10-12H,2-9H2,1H3/t10-,11-,12+/m1/s1. The normalized spacial score (nSPS) is 37.6. The Morgan fingerprint density at radius 1 is 1.28 bits per heavy atom. The minimum atomic E-state index is -0.380. The molecule has 3 heterocycles. The Kier molecular flexibility index (Phi) is 3.54. The number of ether oxygens (including phenoxy) is 2. The summed E-state index contributed by atoms with van der Waals surface area (Å²) < 4.78 is 10.9. The van der Waals surface area contributed by atoms with Crippen LogP contribution in [0.5, 0.6) is 0 Å². The van der Waals surface area contributed by atoms with Crippen LogP contribution in [0, 0.1) is 0 Å². The van der Waals surface area contributed by atoms with Gasteiger partial charge >= 0.3 is 0 Å². The number of hydrogen-bond donors (Lipinski definition) is 0. The first-order valence-electron chi connectivity index (χ1n) is 6.99. The number of carbonyl (C=O) groups excluding carboxylic acids is 1. The van der Waals surface area contributed by atoms with Crippen molar-refractivity contribution in [3.8, 4) is 0 Å². The summed E-state index contributed by atoms with van der Waals surface area (Å²) in [5.41, 5.74) is 0. The first-order valence-corrected chi connectivity index (χ1v) is 6.99. The van der Waals surface area contributed by atoms with E-state index in [0.29, 0.717) is 25.9 Å². The molecule has 3 atom stereocenters. The minimum absolute atomic E-state index is 0.119. The summed E-state index contributed by atoms with van der Waals surface area (Å²) in [6.07, 6.45) is 2.11. The van der Waals surface area contributed by atoms with Gasteiger partial charge in [0.1, 0.15) is 0 Å². The fourth-order valence-corrected chi connectivity index (χ4v) is 3.31. The molecule has 0 aromatic heterocycles. The van der Waals surface area contributed by atoms with E-state index in [2.05, 4.69) is 11.8 Å². The van der Waals surface area contributed by atoms with Crippen LogP contribution in [-0.2, 0) is 14.3 Å². The first-order chi connectivity index (χ1) is 8.75. The van der Waals surface area contributed by atoms with Crippen LogP contribution in [0.25, 0.3) is 0 Å². The van der Waals surface area contributed by atoms with Gasteiger partial charge in [0.15, 0.2) is 6.10 Å². The largest absolute Gasteiger partial charge is 0.376 e. The highest BCUT2D eigenvalue weighted by Gasteiger charge is 2.39. The predicted octanol–water partition coefficient (Wildman–Crippen LogP) is 0.0969. The summed E-state index contributed by atoms with van der Waals surface area (Å²) in [6.45, 7) is 6.75. The maximum atomic E-state index is 12.5. The monoisotopic (exact) mass is 254 g/mol. The van der Waals surface area contributed by atoms with Gasteiger partial charge < -0.3 is 14.4 Å². The van der Waals surface area contributed by atoms with Crippen LogP contribution in [-0.4, -0.2) is 73.3 Å². The van der Waals surface area contributed by atoms with Gasteiger partial charge in [-0.25, -0.2) is 0 Å². The van der Waals surface area contributed by atoms with E-state index in [9.17, 15) is 4.79 Å². The van der Waals surface area contributed by atoms with E-state index in [-0.39, 0.29) is 18.1 Å². The van der Waals surface area contributed by atoms with Gasteiger partial charge in [-0.2, -0.15) is 0 Å². The third kappa shape index (κ3) is 2.27.